The fraction of sp³-hybridized carbons (Fsp3) is 1.00. The van der Waals surface area contributed by atoms with Crippen molar-refractivity contribution in [2.24, 2.45) is 5.73 Å². The summed E-state index contributed by atoms with van der Waals surface area (Å²) in [5, 5.41) is 0. The normalized spacial score (nSPS) is 12.3. The first kappa shape index (κ1) is 14.8. The molecule has 0 atom stereocenters. The zero-order valence-corrected chi connectivity index (χ0v) is 10.2. The summed E-state index contributed by atoms with van der Waals surface area (Å²) in [6.45, 7) is 3.34. The van der Waals surface area contributed by atoms with Gasteiger partial charge in [-0.05, 0) is 25.8 Å². The molecule has 0 aromatic rings. The van der Waals surface area contributed by atoms with E-state index in [0.717, 1.165) is 30.0 Å². The predicted molar refractivity (Wildman–Crippen MR) is 60.9 cm³/mol. The summed E-state index contributed by atoms with van der Waals surface area (Å²) >= 11 is 0. The average Bonchev–Trinajstić information content (AvgIpc) is 2.14. The van der Waals surface area contributed by atoms with E-state index in [9.17, 15) is 8.42 Å². The molecule has 3 N–H and O–H groups in total. The summed E-state index contributed by atoms with van der Waals surface area (Å²) in [5.41, 5.74) is 5.34. The van der Waals surface area contributed by atoms with Gasteiger partial charge in [-0.1, -0.05) is 19.8 Å². The van der Waals surface area contributed by atoms with Gasteiger partial charge in [0.05, 0.1) is 0 Å². The minimum Gasteiger partial charge on any atom is -0.330 e. The first-order valence-corrected chi connectivity index (χ1v) is 6.84. The van der Waals surface area contributed by atoms with Gasteiger partial charge in [0, 0.05) is 13.1 Å². The van der Waals surface area contributed by atoms with Crippen molar-refractivity contribution in [3.05, 3.63) is 0 Å². The lowest BCUT2D eigenvalue weighted by Crippen LogP contribution is -2.32. The van der Waals surface area contributed by atoms with Crippen molar-refractivity contribution in [3.8, 4) is 0 Å². The standard InChI is InChI=1S/C9H22N2O3S/c1-2-8-11(15(12,13)14)9-6-4-3-5-7-10/h2-10H2,1H3,(H,12,13,14). The van der Waals surface area contributed by atoms with E-state index in [4.69, 9.17) is 10.3 Å². The maximum absolute atomic E-state index is 10.9. The Morgan fingerprint density at radius 3 is 2.20 bits per heavy atom. The van der Waals surface area contributed by atoms with Crippen molar-refractivity contribution < 1.29 is 13.0 Å². The van der Waals surface area contributed by atoms with E-state index >= 15 is 0 Å². The van der Waals surface area contributed by atoms with Gasteiger partial charge in [0.15, 0.2) is 0 Å². The van der Waals surface area contributed by atoms with Gasteiger partial charge in [0.1, 0.15) is 0 Å². The third-order valence-corrected chi connectivity index (χ3v) is 3.18. The molecule has 0 spiro atoms. The molecule has 0 bridgehead atoms. The molecule has 15 heavy (non-hydrogen) atoms. The largest absolute Gasteiger partial charge is 0.335 e. The number of hydrogen-bond donors (Lipinski definition) is 2. The zero-order chi connectivity index (χ0) is 11.7. The Kier molecular flexibility index (Phi) is 7.95. The molecule has 0 aliphatic heterocycles. The molecular formula is C9H22N2O3S. The number of unbranched alkanes of at least 4 members (excludes halogenated alkanes) is 3. The molecule has 0 aromatic heterocycles. The molecule has 0 amide bonds. The fourth-order valence-corrected chi connectivity index (χ4v) is 2.15. The summed E-state index contributed by atoms with van der Waals surface area (Å²) < 4.78 is 31.8. The van der Waals surface area contributed by atoms with Gasteiger partial charge >= 0.3 is 10.3 Å². The van der Waals surface area contributed by atoms with E-state index in [1.807, 2.05) is 6.92 Å². The molecule has 6 heteroatoms. The first-order valence-electron chi connectivity index (χ1n) is 5.45. The van der Waals surface area contributed by atoms with Crippen LogP contribution < -0.4 is 5.73 Å². The quantitative estimate of drug-likeness (QED) is 0.464. The minimum atomic E-state index is -4.01. The third-order valence-electron chi connectivity index (χ3n) is 2.16. The summed E-state index contributed by atoms with van der Waals surface area (Å²) in [5.74, 6) is 0. The monoisotopic (exact) mass is 238 g/mol. The van der Waals surface area contributed by atoms with Crippen LogP contribution in [0.5, 0.6) is 0 Å². The Bertz CT molecular complexity index is 242. The van der Waals surface area contributed by atoms with Gasteiger partial charge in [-0.2, -0.15) is 12.7 Å². The van der Waals surface area contributed by atoms with Crippen molar-refractivity contribution in [2.45, 2.75) is 39.0 Å². The number of nitrogens with zero attached hydrogens (tertiary/aromatic N) is 1. The second kappa shape index (κ2) is 8.04. The van der Waals surface area contributed by atoms with Crippen LogP contribution in [0.1, 0.15) is 39.0 Å². The lowest BCUT2D eigenvalue weighted by atomic mass is 10.2. The molecule has 0 fully saturated rings. The van der Waals surface area contributed by atoms with Crippen LogP contribution in [0.4, 0.5) is 0 Å². The van der Waals surface area contributed by atoms with Crippen LogP contribution in [-0.4, -0.2) is 36.9 Å². The van der Waals surface area contributed by atoms with Gasteiger partial charge in [-0.15, -0.1) is 0 Å². The number of nitrogens with two attached hydrogens (primary N) is 1. The fourth-order valence-electron chi connectivity index (χ4n) is 1.38. The van der Waals surface area contributed by atoms with Crippen molar-refractivity contribution in [3.63, 3.8) is 0 Å². The van der Waals surface area contributed by atoms with Crippen molar-refractivity contribution in [2.75, 3.05) is 19.6 Å². The van der Waals surface area contributed by atoms with Crippen LogP contribution in [-0.2, 0) is 10.3 Å². The highest BCUT2D eigenvalue weighted by molar-refractivity contribution is 7.83. The second-order valence-electron chi connectivity index (χ2n) is 3.58. The van der Waals surface area contributed by atoms with Crippen LogP contribution in [0.15, 0.2) is 0 Å². The van der Waals surface area contributed by atoms with Gasteiger partial charge in [0.25, 0.3) is 0 Å². The summed E-state index contributed by atoms with van der Waals surface area (Å²) in [6.07, 6.45) is 4.43. The van der Waals surface area contributed by atoms with Crippen LogP contribution in [0, 0.1) is 0 Å². The van der Waals surface area contributed by atoms with Crippen LogP contribution >= 0.6 is 0 Å². The lowest BCUT2D eigenvalue weighted by molar-refractivity contribution is 0.343. The molecule has 0 aliphatic carbocycles. The van der Waals surface area contributed by atoms with Crippen LogP contribution in [0.2, 0.25) is 0 Å². The number of hydrogen-bond acceptors (Lipinski definition) is 3. The Hall–Kier alpha value is -0.170. The maximum Gasteiger partial charge on any atom is 0.335 e. The number of rotatable bonds is 9. The van der Waals surface area contributed by atoms with Crippen molar-refractivity contribution in [1.82, 2.24) is 4.31 Å². The highest BCUT2D eigenvalue weighted by Gasteiger charge is 2.16. The topological polar surface area (TPSA) is 83.6 Å². The van der Waals surface area contributed by atoms with E-state index < -0.39 is 10.3 Å². The lowest BCUT2D eigenvalue weighted by Gasteiger charge is -2.17. The molecule has 0 saturated carbocycles. The SMILES string of the molecule is CCCN(CCCCCCN)S(=O)(=O)O. The molecule has 92 valence electrons. The Morgan fingerprint density at radius 2 is 1.73 bits per heavy atom. The predicted octanol–water partition coefficient (Wildman–Crippen LogP) is 1.02. The molecule has 5 nitrogen and oxygen atoms in total. The molecular weight excluding hydrogens is 216 g/mol. The van der Waals surface area contributed by atoms with Crippen LogP contribution in [0.25, 0.3) is 0 Å². The average molecular weight is 238 g/mol. The Balaban J connectivity index is 3.78. The molecule has 0 rings (SSSR count). The van der Waals surface area contributed by atoms with E-state index in [1.54, 1.807) is 0 Å². The van der Waals surface area contributed by atoms with Gasteiger partial charge < -0.3 is 5.73 Å². The van der Waals surface area contributed by atoms with Crippen molar-refractivity contribution in [1.29, 1.82) is 0 Å². The highest BCUT2D eigenvalue weighted by atomic mass is 32.2. The summed E-state index contributed by atoms with van der Waals surface area (Å²) in [6, 6.07) is 0. The summed E-state index contributed by atoms with van der Waals surface area (Å²) in [4.78, 5) is 0. The Morgan fingerprint density at radius 1 is 1.13 bits per heavy atom. The molecule has 0 aromatic carbocycles. The summed E-state index contributed by atoms with van der Waals surface area (Å²) in [7, 11) is -4.01. The molecule has 0 aliphatic rings. The molecule has 0 saturated heterocycles. The van der Waals surface area contributed by atoms with Crippen molar-refractivity contribution >= 4 is 10.3 Å². The molecule has 0 unspecified atom stereocenters. The minimum absolute atomic E-state index is 0.385. The van der Waals surface area contributed by atoms with Gasteiger partial charge in [0.2, 0.25) is 0 Å². The smallest absolute Gasteiger partial charge is 0.330 e. The highest BCUT2D eigenvalue weighted by Crippen LogP contribution is 2.05. The van der Waals surface area contributed by atoms with E-state index in [1.165, 1.54) is 0 Å². The molecule has 0 radical (unpaired) electrons. The van der Waals surface area contributed by atoms with Gasteiger partial charge in [-0.25, -0.2) is 0 Å². The third kappa shape index (κ3) is 7.72. The Labute approximate surface area is 92.5 Å². The van der Waals surface area contributed by atoms with E-state index in [-0.39, 0.29) is 0 Å². The first-order chi connectivity index (χ1) is 7.02. The molecule has 0 heterocycles. The second-order valence-corrected chi connectivity index (χ2v) is 4.99. The van der Waals surface area contributed by atoms with E-state index in [0.29, 0.717) is 26.1 Å². The zero-order valence-electron chi connectivity index (χ0n) is 9.35. The van der Waals surface area contributed by atoms with Crippen LogP contribution in [0.3, 0.4) is 0 Å². The van der Waals surface area contributed by atoms with Gasteiger partial charge in [-0.3, -0.25) is 4.55 Å². The van der Waals surface area contributed by atoms with E-state index in [2.05, 4.69) is 0 Å². The maximum atomic E-state index is 10.9.